The summed E-state index contributed by atoms with van der Waals surface area (Å²) in [7, 11) is 0. The second kappa shape index (κ2) is 5.20. The lowest BCUT2D eigenvalue weighted by molar-refractivity contribution is -0.384. The van der Waals surface area contributed by atoms with E-state index in [4.69, 9.17) is 4.84 Å². The number of nitrogens with zero attached hydrogens (tertiary/aromatic N) is 2. The van der Waals surface area contributed by atoms with Gasteiger partial charge in [-0.05, 0) is 23.1 Å². The SMILES string of the molecule is CC(C)(C)[C@H](O)[C@@H]1CC(c2ccc([N+](=O)[O-])cc2)=NO1. The van der Waals surface area contributed by atoms with Crippen LogP contribution in [-0.4, -0.2) is 27.9 Å². The lowest BCUT2D eigenvalue weighted by Gasteiger charge is -2.28. The van der Waals surface area contributed by atoms with Crippen molar-refractivity contribution in [3.63, 3.8) is 0 Å². The van der Waals surface area contributed by atoms with Crippen LogP contribution >= 0.6 is 0 Å². The number of oxime groups is 1. The van der Waals surface area contributed by atoms with Crippen molar-refractivity contribution >= 4 is 11.4 Å². The standard InChI is InChI=1S/C14H18N2O4/c1-14(2,3)13(17)12-8-11(15-20-12)9-4-6-10(7-5-9)16(18)19/h4-7,12-13,17H,8H2,1-3H3/t12-,13+/m0/s1. The molecular weight excluding hydrogens is 260 g/mol. The third-order valence-electron chi connectivity index (χ3n) is 3.34. The van der Waals surface area contributed by atoms with Crippen molar-refractivity contribution in [1.82, 2.24) is 0 Å². The third kappa shape index (κ3) is 2.96. The minimum atomic E-state index is -0.623. The van der Waals surface area contributed by atoms with Crippen LogP contribution in [0.1, 0.15) is 32.8 Å². The quantitative estimate of drug-likeness (QED) is 0.680. The van der Waals surface area contributed by atoms with Crippen LogP contribution in [0.2, 0.25) is 0 Å². The number of hydrogen-bond acceptors (Lipinski definition) is 5. The lowest BCUT2D eigenvalue weighted by Crippen LogP contribution is -2.37. The Morgan fingerprint density at radius 3 is 2.50 bits per heavy atom. The molecule has 1 aliphatic rings. The van der Waals surface area contributed by atoms with Crippen LogP contribution in [0.4, 0.5) is 5.69 Å². The van der Waals surface area contributed by atoms with Crippen molar-refractivity contribution < 1.29 is 14.9 Å². The summed E-state index contributed by atoms with van der Waals surface area (Å²) in [6.45, 7) is 5.81. The molecule has 0 saturated carbocycles. The maximum absolute atomic E-state index is 10.6. The van der Waals surface area contributed by atoms with Gasteiger partial charge in [0.05, 0.1) is 16.7 Å². The Morgan fingerprint density at radius 1 is 1.40 bits per heavy atom. The number of rotatable bonds is 3. The summed E-state index contributed by atoms with van der Waals surface area (Å²) in [6.07, 6.45) is -0.502. The van der Waals surface area contributed by atoms with Crippen LogP contribution in [0.25, 0.3) is 0 Å². The van der Waals surface area contributed by atoms with E-state index < -0.39 is 11.0 Å². The fourth-order valence-corrected chi connectivity index (χ4v) is 2.07. The van der Waals surface area contributed by atoms with Crippen molar-refractivity contribution in [2.24, 2.45) is 10.6 Å². The summed E-state index contributed by atoms with van der Waals surface area (Å²) in [5, 5.41) is 24.8. The Morgan fingerprint density at radius 2 is 2.00 bits per heavy atom. The normalized spacial score (nSPS) is 20.2. The molecule has 0 aliphatic carbocycles. The van der Waals surface area contributed by atoms with Crippen molar-refractivity contribution in [3.8, 4) is 0 Å². The molecule has 0 radical (unpaired) electrons. The van der Waals surface area contributed by atoms with Crippen LogP contribution in [-0.2, 0) is 4.84 Å². The van der Waals surface area contributed by atoms with Gasteiger partial charge in [0.1, 0.15) is 0 Å². The van der Waals surface area contributed by atoms with Crippen molar-refractivity contribution in [2.75, 3.05) is 0 Å². The van der Waals surface area contributed by atoms with Crippen LogP contribution in [0.3, 0.4) is 0 Å². The predicted molar refractivity (Wildman–Crippen MR) is 74.6 cm³/mol. The first-order valence-corrected chi connectivity index (χ1v) is 6.44. The molecule has 108 valence electrons. The van der Waals surface area contributed by atoms with Crippen LogP contribution in [0.5, 0.6) is 0 Å². The first kappa shape index (κ1) is 14.5. The van der Waals surface area contributed by atoms with Gasteiger partial charge in [0.15, 0.2) is 6.10 Å². The predicted octanol–water partition coefficient (Wildman–Crippen LogP) is 2.49. The van der Waals surface area contributed by atoms with E-state index in [9.17, 15) is 15.2 Å². The molecule has 6 nitrogen and oxygen atoms in total. The highest BCUT2D eigenvalue weighted by Gasteiger charge is 2.36. The van der Waals surface area contributed by atoms with Crippen molar-refractivity contribution in [1.29, 1.82) is 0 Å². The molecule has 2 rings (SSSR count). The van der Waals surface area contributed by atoms with Gasteiger partial charge in [-0.1, -0.05) is 25.9 Å². The number of non-ortho nitro benzene ring substituents is 1. The average molecular weight is 278 g/mol. The fourth-order valence-electron chi connectivity index (χ4n) is 2.07. The monoisotopic (exact) mass is 278 g/mol. The minimum absolute atomic E-state index is 0.0412. The Kier molecular flexibility index (Phi) is 3.76. The van der Waals surface area contributed by atoms with Crippen LogP contribution < -0.4 is 0 Å². The first-order valence-electron chi connectivity index (χ1n) is 6.44. The van der Waals surface area contributed by atoms with Gasteiger partial charge in [0.25, 0.3) is 5.69 Å². The molecular formula is C14H18N2O4. The molecule has 20 heavy (non-hydrogen) atoms. The van der Waals surface area contributed by atoms with E-state index in [1.807, 2.05) is 20.8 Å². The van der Waals surface area contributed by atoms with Gasteiger partial charge in [-0.25, -0.2) is 0 Å². The van der Waals surface area contributed by atoms with Crippen LogP contribution in [0, 0.1) is 15.5 Å². The van der Waals surface area contributed by atoms with Gasteiger partial charge in [-0.15, -0.1) is 0 Å². The molecule has 0 amide bonds. The summed E-state index contributed by atoms with van der Waals surface area (Å²) in [4.78, 5) is 15.5. The molecule has 1 N–H and O–H groups in total. The smallest absolute Gasteiger partial charge is 0.269 e. The highest BCUT2D eigenvalue weighted by Crippen LogP contribution is 2.29. The van der Waals surface area contributed by atoms with E-state index >= 15 is 0 Å². The molecule has 0 unspecified atom stereocenters. The number of aliphatic hydroxyl groups excluding tert-OH is 1. The summed E-state index contributed by atoms with van der Waals surface area (Å²) in [5.41, 5.74) is 1.23. The molecule has 0 spiro atoms. The molecule has 0 fully saturated rings. The molecule has 1 aliphatic heterocycles. The lowest BCUT2D eigenvalue weighted by atomic mass is 9.84. The largest absolute Gasteiger partial charge is 0.389 e. The van der Waals surface area contributed by atoms with Crippen molar-refractivity contribution in [2.45, 2.75) is 39.4 Å². The Hall–Kier alpha value is -1.95. The molecule has 2 atom stereocenters. The van der Waals surface area contributed by atoms with Gasteiger partial charge in [-0.2, -0.15) is 0 Å². The maximum atomic E-state index is 10.6. The van der Waals surface area contributed by atoms with E-state index in [1.165, 1.54) is 12.1 Å². The molecule has 1 aromatic carbocycles. The Bertz CT molecular complexity index is 531. The summed E-state index contributed by atoms with van der Waals surface area (Å²) in [5.74, 6) is 0. The Balaban J connectivity index is 2.07. The summed E-state index contributed by atoms with van der Waals surface area (Å²) < 4.78 is 0. The average Bonchev–Trinajstić information content (AvgIpc) is 2.86. The van der Waals surface area contributed by atoms with Gasteiger partial charge < -0.3 is 9.94 Å². The van der Waals surface area contributed by atoms with E-state index in [0.29, 0.717) is 12.1 Å². The molecule has 0 bridgehead atoms. The number of aliphatic hydroxyl groups is 1. The van der Waals surface area contributed by atoms with E-state index in [-0.39, 0.29) is 17.2 Å². The second-order valence-electron chi connectivity index (χ2n) is 6.00. The van der Waals surface area contributed by atoms with E-state index in [1.54, 1.807) is 12.1 Å². The Labute approximate surface area is 117 Å². The van der Waals surface area contributed by atoms with Crippen molar-refractivity contribution in [3.05, 3.63) is 39.9 Å². The van der Waals surface area contributed by atoms with Crippen LogP contribution in [0.15, 0.2) is 29.4 Å². The molecule has 1 heterocycles. The number of hydrogen-bond donors (Lipinski definition) is 1. The van der Waals surface area contributed by atoms with Gasteiger partial charge in [-0.3, -0.25) is 10.1 Å². The molecule has 6 heteroatoms. The number of nitro groups is 1. The molecule has 0 aromatic heterocycles. The topological polar surface area (TPSA) is 85.0 Å². The third-order valence-corrected chi connectivity index (χ3v) is 3.34. The summed E-state index contributed by atoms with van der Waals surface area (Å²) >= 11 is 0. The summed E-state index contributed by atoms with van der Waals surface area (Å²) in [6, 6.07) is 6.16. The second-order valence-corrected chi connectivity index (χ2v) is 6.00. The van der Waals surface area contributed by atoms with Gasteiger partial charge in [0, 0.05) is 18.6 Å². The highest BCUT2D eigenvalue weighted by molar-refractivity contribution is 6.01. The maximum Gasteiger partial charge on any atom is 0.269 e. The van der Waals surface area contributed by atoms with E-state index in [2.05, 4.69) is 5.16 Å². The van der Waals surface area contributed by atoms with Gasteiger partial charge >= 0.3 is 0 Å². The first-order chi connectivity index (χ1) is 9.29. The number of benzene rings is 1. The van der Waals surface area contributed by atoms with E-state index in [0.717, 1.165) is 5.56 Å². The zero-order valence-electron chi connectivity index (χ0n) is 11.7. The molecule has 1 aromatic rings. The highest BCUT2D eigenvalue weighted by atomic mass is 16.7. The fraction of sp³-hybridized carbons (Fsp3) is 0.500. The zero-order chi connectivity index (χ0) is 14.9. The number of nitro benzene ring substituents is 1. The zero-order valence-corrected chi connectivity index (χ0v) is 11.7. The molecule has 0 saturated heterocycles. The minimum Gasteiger partial charge on any atom is -0.389 e. The van der Waals surface area contributed by atoms with Gasteiger partial charge in [0.2, 0.25) is 0 Å².